The predicted molar refractivity (Wildman–Crippen MR) is 84.5 cm³/mol. The summed E-state index contributed by atoms with van der Waals surface area (Å²) in [6.07, 6.45) is 6.90. The molecule has 1 aliphatic heterocycles. The molecule has 3 rings (SSSR count). The van der Waals surface area contributed by atoms with Crippen molar-refractivity contribution in [3.8, 4) is 0 Å². The van der Waals surface area contributed by atoms with Crippen LogP contribution in [0.2, 0.25) is 0 Å². The highest BCUT2D eigenvalue weighted by atomic mass is 79.9. The highest BCUT2D eigenvalue weighted by Gasteiger charge is 2.35. The van der Waals surface area contributed by atoms with Gasteiger partial charge in [-0.1, -0.05) is 28.8 Å². The molecule has 2 fully saturated rings. The summed E-state index contributed by atoms with van der Waals surface area (Å²) in [5.41, 5.74) is 0.0194. The highest BCUT2D eigenvalue weighted by Crippen LogP contribution is 2.35. The first-order valence-electron chi connectivity index (χ1n) is 7.79. The molecule has 0 spiro atoms. The Morgan fingerprint density at radius 2 is 1.81 bits per heavy atom. The Hall–Kier alpha value is -0.680. The molecular weight excluding hydrogens is 338 g/mol. The first kappa shape index (κ1) is 15.2. The molecule has 116 valence electrons. The Bertz CT molecular complexity index is 480. The normalized spacial score (nSPS) is 29.6. The maximum Gasteiger partial charge on any atom is 0.150 e. The van der Waals surface area contributed by atoms with Gasteiger partial charge in [-0.3, -0.25) is 0 Å². The minimum atomic E-state index is -0.524. The van der Waals surface area contributed by atoms with Gasteiger partial charge in [-0.25, -0.2) is 8.78 Å². The maximum atomic E-state index is 14.0. The first-order valence-corrected chi connectivity index (χ1v) is 8.59. The van der Waals surface area contributed by atoms with Crippen LogP contribution in [0, 0.1) is 17.6 Å². The summed E-state index contributed by atoms with van der Waals surface area (Å²) in [6, 6.07) is 3.27. The largest absolute Gasteiger partial charge is 0.377 e. The zero-order chi connectivity index (χ0) is 14.8. The lowest BCUT2D eigenvalue weighted by atomic mass is 9.88. The van der Waals surface area contributed by atoms with Crippen LogP contribution >= 0.6 is 15.9 Å². The standard InChI is InChI=1S/C16H21BrF2N2/c17-10-8-12(18)16(13(19)9-10)21-15-6-3-4-11(15)14-5-1-2-7-20-14/h8-9,11,14-15,20-21H,1-7H2. The Morgan fingerprint density at radius 1 is 1.05 bits per heavy atom. The molecule has 1 aromatic rings. The molecule has 2 aliphatic rings. The van der Waals surface area contributed by atoms with Crippen molar-refractivity contribution in [2.45, 2.75) is 50.6 Å². The van der Waals surface area contributed by atoms with E-state index >= 15 is 0 Å². The van der Waals surface area contributed by atoms with E-state index in [1.54, 1.807) is 0 Å². The smallest absolute Gasteiger partial charge is 0.150 e. The van der Waals surface area contributed by atoms with Crippen LogP contribution in [0.3, 0.4) is 0 Å². The van der Waals surface area contributed by atoms with Crippen LogP contribution in [0.5, 0.6) is 0 Å². The zero-order valence-electron chi connectivity index (χ0n) is 12.0. The van der Waals surface area contributed by atoms with E-state index < -0.39 is 11.6 Å². The SMILES string of the molecule is Fc1cc(Br)cc(F)c1NC1CCCC1C1CCCCN1. The number of nitrogens with one attached hydrogen (secondary N) is 2. The molecule has 2 N–H and O–H groups in total. The molecule has 0 bridgehead atoms. The monoisotopic (exact) mass is 358 g/mol. The van der Waals surface area contributed by atoms with Gasteiger partial charge in [-0.2, -0.15) is 0 Å². The van der Waals surface area contributed by atoms with Crippen LogP contribution in [-0.2, 0) is 0 Å². The van der Waals surface area contributed by atoms with E-state index in [-0.39, 0.29) is 11.7 Å². The lowest BCUT2D eigenvalue weighted by molar-refractivity contribution is 0.286. The van der Waals surface area contributed by atoms with Crippen molar-refractivity contribution in [1.82, 2.24) is 5.32 Å². The maximum absolute atomic E-state index is 14.0. The van der Waals surface area contributed by atoms with Crippen molar-refractivity contribution in [2.75, 3.05) is 11.9 Å². The van der Waals surface area contributed by atoms with Gasteiger partial charge >= 0.3 is 0 Å². The molecule has 1 aromatic carbocycles. The third-order valence-electron chi connectivity index (χ3n) is 4.77. The van der Waals surface area contributed by atoms with Crippen LogP contribution < -0.4 is 10.6 Å². The quantitative estimate of drug-likeness (QED) is 0.833. The van der Waals surface area contributed by atoms with Gasteiger partial charge in [0.1, 0.15) is 17.3 Å². The molecule has 1 heterocycles. The second-order valence-corrected chi connectivity index (χ2v) is 7.06. The summed E-state index contributed by atoms with van der Waals surface area (Å²) in [5.74, 6) is -0.582. The number of hydrogen-bond donors (Lipinski definition) is 2. The molecule has 3 unspecified atom stereocenters. The zero-order valence-corrected chi connectivity index (χ0v) is 13.6. The van der Waals surface area contributed by atoms with Gasteiger partial charge in [-0.15, -0.1) is 0 Å². The average molecular weight is 359 g/mol. The Morgan fingerprint density at radius 3 is 2.48 bits per heavy atom. The molecule has 21 heavy (non-hydrogen) atoms. The third-order valence-corrected chi connectivity index (χ3v) is 5.23. The molecule has 1 aliphatic carbocycles. The van der Waals surface area contributed by atoms with E-state index in [0.29, 0.717) is 16.4 Å². The molecule has 0 aromatic heterocycles. The minimum absolute atomic E-state index is 0.0194. The Labute approximate surface area is 132 Å². The molecule has 2 nitrogen and oxygen atoms in total. The number of halogens is 3. The molecule has 0 amide bonds. The van der Waals surface area contributed by atoms with E-state index in [0.717, 1.165) is 25.8 Å². The van der Waals surface area contributed by atoms with E-state index in [9.17, 15) is 8.78 Å². The van der Waals surface area contributed by atoms with Crippen LogP contribution in [0.4, 0.5) is 14.5 Å². The molecular formula is C16H21BrF2N2. The number of anilines is 1. The fourth-order valence-corrected chi connectivity index (χ4v) is 4.16. The Balaban J connectivity index is 1.74. The molecule has 1 saturated carbocycles. The Kier molecular flexibility index (Phi) is 4.79. The molecule has 3 atom stereocenters. The lowest BCUT2D eigenvalue weighted by Gasteiger charge is -2.33. The highest BCUT2D eigenvalue weighted by molar-refractivity contribution is 9.10. The van der Waals surface area contributed by atoms with E-state index in [4.69, 9.17) is 0 Å². The van der Waals surface area contributed by atoms with Gasteiger partial charge in [0.15, 0.2) is 0 Å². The van der Waals surface area contributed by atoms with Crippen molar-refractivity contribution < 1.29 is 8.78 Å². The van der Waals surface area contributed by atoms with Crippen LogP contribution in [-0.4, -0.2) is 18.6 Å². The summed E-state index contributed by atoms with van der Waals surface area (Å²) in [4.78, 5) is 0. The predicted octanol–water partition coefficient (Wildman–Crippen LogP) is 4.45. The fraction of sp³-hybridized carbons (Fsp3) is 0.625. The number of hydrogen-bond acceptors (Lipinski definition) is 2. The minimum Gasteiger partial charge on any atom is -0.377 e. The number of rotatable bonds is 3. The summed E-state index contributed by atoms with van der Waals surface area (Å²) < 4.78 is 28.4. The topological polar surface area (TPSA) is 24.1 Å². The number of benzene rings is 1. The van der Waals surface area contributed by atoms with Crippen molar-refractivity contribution in [2.24, 2.45) is 5.92 Å². The molecule has 5 heteroatoms. The van der Waals surface area contributed by atoms with Crippen LogP contribution in [0.25, 0.3) is 0 Å². The van der Waals surface area contributed by atoms with Crippen molar-refractivity contribution >= 4 is 21.6 Å². The summed E-state index contributed by atoms with van der Waals surface area (Å²) in [5, 5.41) is 6.72. The second kappa shape index (κ2) is 6.61. The fourth-order valence-electron chi connectivity index (χ4n) is 3.76. The van der Waals surface area contributed by atoms with Gasteiger partial charge in [0.25, 0.3) is 0 Å². The number of piperidine rings is 1. The summed E-state index contributed by atoms with van der Waals surface area (Å²) >= 11 is 3.12. The summed E-state index contributed by atoms with van der Waals surface area (Å²) in [7, 11) is 0. The van der Waals surface area contributed by atoms with Gasteiger partial charge in [0, 0.05) is 16.6 Å². The molecule has 0 radical (unpaired) electrons. The first-order chi connectivity index (χ1) is 10.1. The van der Waals surface area contributed by atoms with E-state index in [1.807, 2.05) is 0 Å². The van der Waals surface area contributed by atoms with Gasteiger partial charge < -0.3 is 10.6 Å². The summed E-state index contributed by atoms with van der Waals surface area (Å²) in [6.45, 7) is 1.06. The van der Waals surface area contributed by atoms with Crippen molar-refractivity contribution in [3.05, 3.63) is 28.2 Å². The van der Waals surface area contributed by atoms with Gasteiger partial charge in [0.05, 0.1) is 0 Å². The second-order valence-electron chi connectivity index (χ2n) is 6.15. The van der Waals surface area contributed by atoms with Crippen molar-refractivity contribution in [1.29, 1.82) is 0 Å². The van der Waals surface area contributed by atoms with Gasteiger partial charge in [0.2, 0.25) is 0 Å². The van der Waals surface area contributed by atoms with Gasteiger partial charge in [-0.05, 0) is 50.3 Å². The third kappa shape index (κ3) is 3.39. The van der Waals surface area contributed by atoms with Crippen LogP contribution in [0.15, 0.2) is 16.6 Å². The van der Waals surface area contributed by atoms with E-state index in [1.165, 1.54) is 31.4 Å². The van der Waals surface area contributed by atoms with Crippen molar-refractivity contribution in [3.63, 3.8) is 0 Å². The average Bonchev–Trinajstić information content (AvgIpc) is 2.92. The van der Waals surface area contributed by atoms with E-state index in [2.05, 4.69) is 26.6 Å². The van der Waals surface area contributed by atoms with Crippen LogP contribution in [0.1, 0.15) is 38.5 Å². The lowest BCUT2D eigenvalue weighted by Crippen LogP contribution is -2.44. The molecule has 1 saturated heterocycles.